The van der Waals surface area contributed by atoms with Crippen LogP contribution in [-0.2, 0) is 12.8 Å². The zero-order chi connectivity index (χ0) is 19.2. The lowest BCUT2D eigenvalue weighted by atomic mass is 9.84. The van der Waals surface area contributed by atoms with Gasteiger partial charge in [0.05, 0.1) is 0 Å². The van der Waals surface area contributed by atoms with Gasteiger partial charge in [-0.3, -0.25) is 0 Å². The van der Waals surface area contributed by atoms with Crippen LogP contribution in [0, 0.1) is 0 Å². The molecule has 0 fully saturated rings. The van der Waals surface area contributed by atoms with E-state index in [1.54, 1.807) is 0 Å². The second kappa shape index (κ2) is 6.49. The van der Waals surface area contributed by atoms with E-state index in [0.717, 1.165) is 18.5 Å². The van der Waals surface area contributed by atoms with E-state index in [9.17, 15) is 0 Å². The Bertz CT molecular complexity index is 1290. The van der Waals surface area contributed by atoms with Gasteiger partial charge in [0.25, 0.3) is 0 Å². The highest BCUT2D eigenvalue weighted by atomic mass is 14.9. The van der Waals surface area contributed by atoms with E-state index < -0.39 is 0 Å². The third kappa shape index (κ3) is 2.70. The van der Waals surface area contributed by atoms with Gasteiger partial charge >= 0.3 is 0 Å². The van der Waals surface area contributed by atoms with Gasteiger partial charge in [-0.15, -0.1) is 0 Å². The van der Waals surface area contributed by atoms with Gasteiger partial charge in [-0.2, -0.15) is 0 Å². The Hall–Kier alpha value is -3.58. The van der Waals surface area contributed by atoms with Crippen molar-refractivity contribution in [2.24, 2.45) is 0 Å². The van der Waals surface area contributed by atoms with Crippen LogP contribution < -0.4 is 5.32 Å². The van der Waals surface area contributed by atoms with Gasteiger partial charge in [0.2, 0.25) is 0 Å². The lowest BCUT2D eigenvalue weighted by molar-refractivity contribution is 1.25. The molecule has 4 aromatic carbocycles. The summed E-state index contributed by atoms with van der Waals surface area (Å²) in [5, 5.41) is 6.57. The van der Waals surface area contributed by atoms with Crippen LogP contribution in [0.4, 0.5) is 11.4 Å². The molecular weight excluding hydrogens is 350 g/mol. The van der Waals surface area contributed by atoms with Gasteiger partial charge in [-0.05, 0) is 75.2 Å². The molecule has 0 heterocycles. The predicted octanol–water partition coefficient (Wildman–Crippen LogP) is 7.39. The summed E-state index contributed by atoms with van der Waals surface area (Å²) in [6.07, 6.45) is 11.1. The quantitative estimate of drug-likeness (QED) is 0.396. The largest absolute Gasteiger partial charge is 0.355 e. The number of benzene rings is 4. The Morgan fingerprint density at radius 1 is 0.621 bits per heavy atom. The van der Waals surface area contributed by atoms with Gasteiger partial charge in [-0.25, -0.2) is 0 Å². The number of nitrogens with one attached hydrogen (secondary N) is 1. The van der Waals surface area contributed by atoms with E-state index in [4.69, 9.17) is 0 Å². The molecule has 0 bridgehead atoms. The summed E-state index contributed by atoms with van der Waals surface area (Å²) >= 11 is 0. The zero-order valence-corrected chi connectivity index (χ0v) is 16.2. The molecule has 0 amide bonds. The molecule has 2 aliphatic rings. The average Bonchev–Trinajstić information content (AvgIpc) is 2.79. The maximum atomic E-state index is 3.71. The van der Waals surface area contributed by atoms with E-state index >= 15 is 0 Å². The monoisotopic (exact) mass is 371 g/mol. The first-order chi connectivity index (χ1) is 14.4. The molecule has 4 aromatic rings. The molecule has 138 valence electrons. The number of anilines is 2. The van der Waals surface area contributed by atoms with Crippen molar-refractivity contribution in [3.8, 4) is 11.1 Å². The summed E-state index contributed by atoms with van der Waals surface area (Å²) in [5.74, 6) is 0. The van der Waals surface area contributed by atoms with Gasteiger partial charge in [0, 0.05) is 11.4 Å². The Morgan fingerprint density at radius 3 is 2.24 bits per heavy atom. The fraction of sp³-hybridized carbons (Fsp3) is 0.0714. The molecule has 0 saturated carbocycles. The third-order valence-electron chi connectivity index (χ3n) is 6.06. The molecule has 0 unspecified atom stereocenters. The van der Waals surface area contributed by atoms with Gasteiger partial charge < -0.3 is 5.32 Å². The molecule has 2 aliphatic carbocycles. The fourth-order valence-corrected chi connectivity index (χ4v) is 4.68. The Morgan fingerprint density at radius 2 is 1.38 bits per heavy atom. The molecule has 1 nitrogen and oxygen atoms in total. The second-order valence-corrected chi connectivity index (χ2v) is 7.84. The second-order valence-electron chi connectivity index (χ2n) is 7.84. The lowest BCUT2D eigenvalue weighted by Crippen LogP contribution is -2.04. The maximum absolute atomic E-state index is 3.71. The number of hydrogen-bond donors (Lipinski definition) is 1. The van der Waals surface area contributed by atoms with Crippen LogP contribution >= 0.6 is 0 Å². The zero-order valence-electron chi connectivity index (χ0n) is 16.2. The summed E-state index contributed by atoms with van der Waals surface area (Å²) in [6.45, 7) is 0. The molecule has 6 rings (SSSR count). The molecule has 29 heavy (non-hydrogen) atoms. The molecule has 1 heteroatoms. The average molecular weight is 371 g/mol. The van der Waals surface area contributed by atoms with E-state index in [1.807, 2.05) is 0 Å². The maximum Gasteiger partial charge on any atom is 0.0432 e. The molecule has 0 saturated heterocycles. The van der Waals surface area contributed by atoms with Crippen LogP contribution in [0.15, 0.2) is 84.9 Å². The smallest absolute Gasteiger partial charge is 0.0432 e. The van der Waals surface area contributed by atoms with Crippen molar-refractivity contribution in [1.29, 1.82) is 0 Å². The topological polar surface area (TPSA) is 12.0 Å². The first kappa shape index (κ1) is 16.4. The Balaban J connectivity index is 1.43. The number of hydrogen-bond acceptors (Lipinski definition) is 1. The van der Waals surface area contributed by atoms with Crippen LogP contribution in [0.5, 0.6) is 0 Å². The number of allylic oxidation sites excluding steroid dienone is 2. The minimum absolute atomic E-state index is 0.974. The lowest BCUT2D eigenvalue weighted by Gasteiger charge is -2.23. The fourth-order valence-electron chi connectivity index (χ4n) is 4.68. The van der Waals surface area contributed by atoms with Crippen molar-refractivity contribution in [3.63, 3.8) is 0 Å². The third-order valence-corrected chi connectivity index (χ3v) is 6.06. The highest BCUT2D eigenvalue weighted by Crippen LogP contribution is 2.41. The molecule has 0 aliphatic heterocycles. The first-order valence-corrected chi connectivity index (χ1v) is 10.2. The van der Waals surface area contributed by atoms with E-state index in [-0.39, 0.29) is 0 Å². The highest BCUT2D eigenvalue weighted by Gasteiger charge is 2.19. The summed E-state index contributed by atoms with van der Waals surface area (Å²) in [7, 11) is 0. The number of rotatable bonds is 3. The summed E-state index contributed by atoms with van der Waals surface area (Å²) in [6, 6.07) is 26.2. The summed E-state index contributed by atoms with van der Waals surface area (Å²) in [4.78, 5) is 0. The van der Waals surface area contributed by atoms with Crippen molar-refractivity contribution >= 4 is 34.3 Å². The molecule has 0 aromatic heterocycles. The molecule has 0 radical (unpaired) electrons. The SMILES string of the molecule is C1=Cc2cc(Nc3ccc(-c4ccccc4)cc3)c3c4c(ccc(c24)C1)C=CC3. The molecule has 1 N–H and O–H groups in total. The van der Waals surface area contributed by atoms with Gasteiger partial charge in [-0.1, -0.05) is 78.9 Å². The highest BCUT2D eigenvalue weighted by molar-refractivity contribution is 6.05. The predicted molar refractivity (Wildman–Crippen MR) is 125 cm³/mol. The van der Waals surface area contributed by atoms with Gasteiger partial charge in [0.15, 0.2) is 0 Å². The molecule has 0 spiro atoms. The summed E-state index contributed by atoms with van der Waals surface area (Å²) in [5.41, 5.74) is 10.3. The minimum atomic E-state index is 0.974. The van der Waals surface area contributed by atoms with Crippen LogP contribution in [-0.4, -0.2) is 0 Å². The first-order valence-electron chi connectivity index (χ1n) is 10.2. The van der Waals surface area contributed by atoms with Crippen LogP contribution in [0.1, 0.15) is 22.3 Å². The van der Waals surface area contributed by atoms with Crippen molar-refractivity contribution in [3.05, 3.63) is 107 Å². The molecule has 0 atom stereocenters. The Labute approximate surface area is 171 Å². The van der Waals surface area contributed by atoms with Crippen LogP contribution in [0.2, 0.25) is 0 Å². The molecular formula is C28H21N. The van der Waals surface area contributed by atoms with E-state index in [2.05, 4.69) is 102 Å². The summed E-state index contributed by atoms with van der Waals surface area (Å²) < 4.78 is 0. The van der Waals surface area contributed by atoms with Gasteiger partial charge in [0.1, 0.15) is 0 Å². The van der Waals surface area contributed by atoms with Crippen molar-refractivity contribution < 1.29 is 0 Å². The van der Waals surface area contributed by atoms with E-state index in [0.29, 0.717) is 0 Å². The normalized spacial score (nSPS) is 13.7. The van der Waals surface area contributed by atoms with Crippen molar-refractivity contribution in [2.45, 2.75) is 12.8 Å². The van der Waals surface area contributed by atoms with Crippen molar-refractivity contribution in [1.82, 2.24) is 0 Å². The van der Waals surface area contributed by atoms with Crippen molar-refractivity contribution in [2.75, 3.05) is 5.32 Å². The Kier molecular flexibility index (Phi) is 3.67. The standard InChI is InChI=1S/C28H21N/c1-2-6-19(7-3-1)20-14-16-24(17-15-20)29-26-18-23-10-4-8-21-12-13-22-9-5-11-25(26)28(22)27(21)23/h1-7,9-10,12-18,29H,8,11H2. The van der Waals surface area contributed by atoms with E-state index in [1.165, 1.54) is 49.8 Å². The van der Waals surface area contributed by atoms with Crippen LogP contribution in [0.25, 0.3) is 34.1 Å². The minimum Gasteiger partial charge on any atom is -0.355 e. The van der Waals surface area contributed by atoms with Crippen LogP contribution in [0.3, 0.4) is 0 Å².